The first kappa shape index (κ1) is 24.0. The van der Waals surface area contributed by atoms with Crippen LogP contribution in [-0.4, -0.2) is 34.2 Å². The van der Waals surface area contributed by atoms with Gasteiger partial charge in [-0.3, -0.25) is 5.32 Å². The summed E-state index contributed by atoms with van der Waals surface area (Å²) < 4.78 is 7.84. The van der Waals surface area contributed by atoms with Gasteiger partial charge in [-0.2, -0.15) is 0 Å². The molecule has 0 radical (unpaired) electrons. The Morgan fingerprint density at radius 1 is 1.03 bits per heavy atom. The van der Waals surface area contributed by atoms with E-state index >= 15 is 0 Å². The van der Waals surface area contributed by atoms with Crippen molar-refractivity contribution >= 4 is 69.9 Å². The molecule has 0 aliphatic rings. The Labute approximate surface area is 194 Å². The summed E-state index contributed by atoms with van der Waals surface area (Å²) in [6.45, 7) is 0.0501. The Balaban J connectivity index is 1.92. The highest BCUT2D eigenvalue weighted by Gasteiger charge is 2.35. The van der Waals surface area contributed by atoms with Gasteiger partial charge in [0, 0.05) is 5.69 Å². The van der Waals surface area contributed by atoms with E-state index in [1.165, 1.54) is 7.11 Å². The number of halogens is 3. The van der Waals surface area contributed by atoms with Crippen molar-refractivity contribution in [2.45, 2.75) is 16.6 Å². The van der Waals surface area contributed by atoms with Crippen LogP contribution in [0.25, 0.3) is 0 Å². The molecule has 2 aromatic carbocycles. The van der Waals surface area contributed by atoms with Crippen molar-refractivity contribution < 1.29 is 19.1 Å². The number of amides is 1. The third kappa shape index (κ3) is 7.87. The van der Waals surface area contributed by atoms with Gasteiger partial charge in [0.05, 0.1) is 12.7 Å². The van der Waals surface area contributed by atoms with Gasteiger partial charge in [-0.05, 0) is 42.0 Å². The molecule has 2 rings (SSSR count). The van der Waals surface area contributed by atoms with E-state index in [-0.39, 0.29) is 11.7 Å². The third-order valence-electron chi connectivity index (χ3n) is 3.64. The highest BCUT2D eigenvalue weighted by Crippen LogP contribution is 2.29. The quantitative estimate of drug-likeness (QED) is 0.240. The minimum absolute atomic E-state index is 0.0501. The number of thiocarbonyl (C=S) groups is 1. The number of methoxy groups -OCH3 is 1. The number of nitrogens with one attached hydrogen (secondary N) is 3. The first-order chi connectivity index (χ1) is 14.2. The van der Waals surface area contributed by atoms with Gasteiger partial charge in [0.1, 0.15) is 6.61 Å². The molecule has 1 atom stereocenters. The van der Waals surface area contributed by atoms with E-state index in [0.29, 0.717) is 11.3 Å². The lowest BCUT2D eigenvalue weighted by Gasteiger charge is -2.27. The molecule has 0 aliphatic carbocycles. The summed E-state index contributed by atoms with van der Waals surface area (Å²) >= 11 is 23.0. The molecule has 0 aromatic heterocycles. The number of ether oxygens (including phenoxy) is 2. The van der Waals surface area contributed by atoms with Crippen LogP contribution < -0.4 is 16.0 Å². The molecule has 0 saturated heterocycles. The molecule has 160 valence electrons. The van der Waals surface area contributed by atoms with Crippen molar-refractivity contribution in [2.24, 2.45) is 0 Å². The highest BCUT2D eigenvalue weighted by molar-refractivity contribution is 7.80. The van der Waals surface area contributed by atoms with Gasteiger partial charge in [0.2, 0.25) is 3.79 Å². The Morgan fingerprint density at radius 3 is 2.23 bits per heavy atom. The van der Waals surface area contributed by atoms with Gasteiger partial charge in [-0.25, -0.2) is 9.59 Å². The number of esters is 1. The van der Waals surface area contributed by atoms with Crippen LogP contribution in [0.2, 0.25) is 0 Å². The van der Waals surface area contributed by atoms with E-state index in [9.17, 15) is 9.59 Å². The van der Waals surface area contributed by atoms with E-state index in [1.54, 1.807) is 24.3 Å². The van der Waals surface area contributed by atoms with Crippen LogP contribution in [0.1, 0.15) is 15.9 Å². The minimum atomic E-state index is -1.92. The number of carbonyl (C=O) groups is 2. The fourth-order valence-corrected chi connectivity index (χ4v) is 2.75. The summed E-state index contributed by atoms with van der Waals surface area (Å²) in [5.74, 6) is -0.461. The zero-order chi connectivity index (χ0) is 22.1. The number of benzene rings is 2. The molecule has 0 saturated carbocycles. The summed E-state index contributed by atoms with van der Waals surface area (Å²) in [7, 11) is 1.29. The van der Waals surface area contributed by atoms with Crippen LogP contribution in [0.15, 0.2) is 54.6 Å². The Bertz CT molecular complexity index is 877. The van der Waals surface area contributed by atoms with Crippen LogP contribution in [0.4, 0.5) is 10.5 Å². The van der Waals surface area contributed by atoms with Gasteiger partial charge < -0.3 is 20.1 Å². The smallest absolute Gasteiger partial charge is 0.409 e. The van der Waals surface area contributed by atoms with Gasteiger partial charge in [0.15, 0.2) is 11.3 Å². The maximum absolute atomic E-state index is 12.1. The van der Waals surface area contributed by atoms with Crippen molar-refractivity contribution in [2.75, 3.05) is 12.4 Å². The average Bonchev–Trinajstić information content (AvgIpc) is 2.72. The summed E-state index contributed by atoms with van der Waals surface area (Å²) in [4.78, 5) is 23.6. The molecule has 3 N–H and O–H groups in total. The second-order valence-electron chi connectivity index (χ2n) is 5.85. The number of alkyl halides is 3. The Kier molecular flexibility index (Phi) is 8.98. The van der Waals surface area contributed by atoms with Crippen LogP contribution in [0, 0.1) is 0 Å². The number of carbonyl (C=O) groups excluding carboxylic acids is 2. The first-order valence-corrected chi connectivity index (χ1v) is 10.0. The molecule has 0 spiro atoms. The highest BCUT2D eigenvalue weighted by atomic mass is 35.6. The van der Waals surface area contributed by atoms with Crippen LogP contribution in [-0.2, 0) is 16.1 Å². The Hall–Kier alpha value is -2.26. The van der Waals surface area contributed by atoms with Crippen molar-refractivity contribution in [3.8, 4) is 0 Å². The third-order valence-corrected chi connectivity index (χ3v) is 4.52. The average molecular weight is 491 g/mol. The summed E-state index contributed by atoms with van der Waals surface area (Å²) in [5, 5.41) is 8.05. The maximum atomic E-state index is 12.1. The second-order valence-corrected chi connectivity index (χ2v) is 8.63. The Morgan fingerprint density at radius 2 is 1.67 bits per heavy atom. The number of hydrogen-bond acceptors (Lipinski definition) is 5. The minimum Gasteiger partial charge on any atom is -0.465 e. The molecule has 0 bridgehead atoms. The van der Waals surface area contributed by atoms with Crippen LogP contribution in [0.5, 0.6) is 0 Å². The van der Waals surface area contributed by atoms with E-state index in [0.717, 1.165) is 5.56 Å². The predicted molar refractivity (Wildman–Crippen MR) is 121 cm³/mol. The molecule has 30 heavy (non-hydrogen) atoms. The van der Waals surface area contributed by atoms with Gasteiger partial charge in [0.25, 0.3) is 0 Å². The molecule has 0 heterocycles. The zero-order valence-corrected chi connectivity index (χ0v) is 18.7. The topological polar surface area (TPSA) is 88.7 Å². The standard InChI is InChI=1S/C19H18Cl3N3O4S/c1-28-15(26)13-7-9-14(10-8-13)23-17(30)24-16(19(20,21)22)25-18(27)29-11-12-5-3-2-4-6-12/h2-10,16H,11H2,1H3,(H,25,27)(H2,23,24,30)/t16-/m0/s1. The van der Waals surface area contributed by atoms with E-state index in [2.05, 4.69) is 20.7 Å². The SMILES string of the molecule is COC(=O)c1ccc(NC(=S)N[C@@H](NC(=O)OCc2ccccc2)C(Cl)(Cl)Cl)cc1. The van der Waals surface area contributed by atoms with E-state index in [4.69, 9.17) is 51.8 Å². The van der Waals surface area contributed by atoms with Crippen molar-refractivity contribution in [1.29, 1.82) is 0 Å². The number of rotatable bonds is 6. The van der Waals surface area contributed by atoms with Gasteiger partial charge >= 0.3 is 12.1 Å². The summed E-state index contributed by atoms with van der Waals surface area (Å²) in [6.07, 6.45) is -1.98. The monoisotopic (exact) mass is 489 g/mol. The van der Waals surface area contributed by atoms with Crippen molar-refractivity contribution in [3.05, 3.63) is 65.7 Å². The lowest BCUT2D eigenvalue weighted by atomic mass is 10.2. The van der Waals surface area contributed by atoms with Crippen LogP contribution in [0.3, 0.4) is 0 Å². The predicted octanol–water partition coefficient (Wildman–Crippen LogP) is 4.38. The number of hydrogen-bond donors (Lipinski definition) is 3. The molecule has 0 unspecified atom stereocenters. The molecule has 0 aliphatic heterocycles. The lowest BCUT2D eigenvalue weighted by molar-refractivity contribution is 0.0600. The number of alkyl carbamates (subject to hydrolysis) is 1. The molecule has 11 heteroatoms. The van der Waals surface area contributed by atoms with Gasteiger partial charge in [-0.1, -0.05) is 65.1 Å². The zero-order valence-electron chi connectivity index (χ0n) is 15.7. The molecule has 7 nitrogen and oxygen atoms in total. The molecule has 0 fully saturated rings. The fourth-order valence-electron chi connectivity index (χ4n) is 2.19. The molecular weight excluding hydrogens is 473 g/mol. The fraction of sp³-hybridized carbons (Fsp3) is 0.211. The van der Waals surface area contributed by atoms with Crippen LogP contribution >= 0.6 is 47.0 Å². The van der Waals surface area contributed by atoms with Crippen molar-refractivity contribution in [1.82, 2.24) is 10.6 Å². The van der Waals surface area contributed by atoms with E-state index < -0.39 is 22.0 Å². The first-order valence-electron chi connectivity index (χ1n) is 8.49. The number of anilines is 1. The molecular formula is C19H18Cl3N3O4S. The molecule has 1 amide bonds. The second kappa shape index (κ2) is 11.2. The molecule has 2 aromatic rings. The van der Waals surface area contributed by atoms with Crippen molar-refractivity contribution in [3.63, 3.8) is 0 Å². The normalized spacial score (nSPS) is 11.7. The van der Waals surface area contributed by atoms with Gasteiger partial charge in [-0.15, -0.1) is 0 Å². The maximum Gasteiger partial charge on any atom is 0.409 e. The largest absolute Gasteiger partial charge is 0.465 e. The summed E-state index contributed by atoms with van der Waals surface area (Å²) in [5.41, 5.74) is 1.75. The lowest BCUT2D eigenvalue weighted by Crippen LogP contribution is -2.56. The van der Waals surface area contributed by atoms with E-state index in [1.807, 2.05) is 30.3 Å². The summed E-state index contributed by atoms with van der Waals surface area (Å²) in [6, 6.07) is 15.5.